The maximum absolute atomic E-state index is 2.47. The summed E-state index contributed by atoms with van der Waals surface area (Å²) in [5.74, 6) is 0. The van der Waals surface area contributed by atoms with Crippen LogP contribution >= 0.6 is 15.8 Å². The fourth-order valence-corrected chi connectivity index (χ4v) is 16.0. The van der Waals surface area contributed by atoms with Crippen LogP contribution in [0.15, 0.2) is 194 Å². The van der Waals surface area contributed by atoms with E-state index in [9.17, 15) is 0 Å². The number of benzene rings is 6. The average Bonchev–Trinajstić information content (AvgIpc) is 4.28. The summed E-state index contributed by atoms with van der Waals surface area (Å²) < 4.78 is 0. The summed E-state index contributed by atoms with van der Waals surface area (Å²) in [6, 6.07) is 70.7. The molecule has 0 nitrogen and oxygen atoms in total. The minimum atomic E-state index is 0. The largest absolute Gasteiger partial charge is 2.00 e. The fraction of sp³-hybridized carbons (Fsp3) is 0.351. The Bertz CT molecular complexity index is 2860. The molecule has 0 N–H and O–H groups in total. The van der Waals surface area contributed by atoms with Crippen LogP contribution in [0.2, 0.25) is 0 Å². The van der Waals surface area contributed by atoms with E-state index in [1.807, 2.05) is 0 Å². The molecule has 0 saturated heterocycles. The van der Waals surface area contributed by atoms with E-state index < -0.39 is 0 Å². The second-order valence-corrected chi connectivity index (χ2v) is 26.3. The second-order valence-electron chi connectivity index (χ2n) is 21.3. The molecule has 10 aromatic rings. The van der Waals surface area contributed by atoms with E-state index in [1.165, 1.54) is 204 Å². The molecule has 0 unspecified atom stereocenters. The predicted octanol–water partition coefficient (Wildman–Crippen LogP) is 16.7. The zero-order valence-corrected chi connectivity index (χ0v) is 55.7. The molecule has 10 aromatic carbocycles. The van der Waals surface area contributed by atoms with Crippen LogP contribution in [-0.2, 0) is 43.4 Å². The fourth-order valence-electron chi connectivity index (χ4n) is 10.8. The zero-order chi connectivity index (χ0) is 53.2. The number of rotatable bonds is 24. The van der Waals surface area contributed by atoms with Crippen LogP contribution in [0.1, 0.15) is 142 Å². The molecule has 0 fully saturated rings. The van der Waals surface area contributed by atoms with Crippen LogP contribution in [0.5, 0.6) is 0 Å². The van der Waals surface area contributed by atoms with Gasteiger partial charge in [-0.1, -0.05) is 230 Å². The minimum absolute atomic E-state index is 0. The molecule has 0 atom stereocenters. The third-order valence-corrected chi connectivity index (χ3v) is 20.4. The summed E-state index contributed by atoms with van der Waals surface area (Å²) in [7, 11) is 0.128. The number of aryl methyl sites for hydroxylation is 2. The maximum Gasteiger partial charge on any atom is 2.00 e. The van der Waals surface area contributed by atoms with Crippen LogP contribution in [0.3, 0.4) is 0 Å². The van der Waals surface area contributed by atoms with Crippen molar-refractivity contribution in [2.45, 2.75) is 144 Å². The van der Waals surface area contributed by atoms with Gasteiger partial charge in [0.05, 0.1) is 0 Å². The summed E-state index contributed by atoms with van der Waals surface area (Å²) >= 11 is 0. The van der Waals surface area contributed by atoms with Crippen molar-refractivity contribution in [3.8, 4) is 22.3 Å². The van der Waals surface area contributed by atoms with Crippen molar-refractivity contribution in [1.82, 2.24) is 0 Å². The van der Waals surface area contributed by atoms with Gasteiger partial charge in [-0.3, -0.25) is 0 Å². The average molecular weight is 1210 g/mol. The van der Waals surface area contributed by atoms with Gasteiger partial charge in [-0.15, -0.1) is 150 Å². The van der Waals surface area contributed by atoms with Gasteiger partial charge >= 0.3 is 43.4 Å². The molecule has 0 saturated carbocycles. The Labute approximate surface area is 529 Å². The Morgan fingerprint density at radius 1 is 0.312 bits per heavy atom. The van der Waals surface area contributed by atoms with Crippen molar-refractivity contribution in [2.24, 2.45) is 0 Å². The van der Waals surface area contributed by atoms with Crippen molar-refractivity contribution < 1.29 is 68.2 Å². The molecule has 6 heteroatoms. The molecule has 0 bridgehead atoms. The van der Waals surface area contributed by atoms with E-state index >= 15 is 0 Å². The zero-order valence-electron chi connectivity index (χ0n) is 49.3. The molecule has 10 rings (SSSR count). The molecule has 0 amide bonds. The van der Waals surface area contributed by atoms with Gasteiger partial charge < -0.3 is 24.8 Å². The first-order valence-corrected chi connectivity index (χ1v) is 33.0. The number of fused-ring (bicyclic) bond motifs is 4. The molecular formula is C74H90Cl2P2Ti2-2. The molecule has 0 radical (unpaired) electrons. The van der Waals surface area contributed by atoms with Gasteiger partial charge in [-0.05, 0) is 61.5 Å². The van der Waals surface area contributed by atoms with Gasteiger partial charge in [-0.25, -0.2) is 0 Å². The van der Waals surface area contributed by atoms with E-state index in [4.69, 9.17) is 0 Å². The SMILES string of the molecule is CCCCCCP(CCCCCC)c1cc2ccccc2[cH-]1.CCCCCCP(CCCCCC)c1cc2ccccc2[cH-]1.Cc1cc2c(-c3ccccc3)cccc2[cH-]1.Cc1cc2c(-c3ccccc3)cccc2[cH-]1.[Cl-].[Cl-].[Ti+2].[Ti+2]. The third-order valence-electron chi connectivity index (χ3n) is 15.0. The van der Waals surface area contributed by atoms with Crippen LogP contribution in [0.25, 0.3) is 65.3 Å². The van der Waals surface area contributed by atoms with Crippen molar-refractivity contribution in [2.75, 3.05) is 24.6 Å². The van der Waals surface area contributed by atoms with E-state index in [0.29, 0.717) is 0 Å². The standard InChI is InChI=1S/2C21H32P.2C16H13.2ClH.2Ti/c2*1-3-5-7-11-15-22(16-12-8-6-4-2)21-17-19-13-9-10-14-20(19)18-21;2*1-12-10-14-8-5-9-15(16(14)11-12)13-6-3-2-4-7-13;;;;/h2*9-10,13-14,17-18H,3-8,11-12,15-16H2,1-2H3;2*2-11H,1H3;2*1H;;/q4*-1;;;2*+2/p-2. The summed E-state index contributed by atoms with van der Waals surface area (Å²) in [6.07, 6.45) is 28.1. The summed E-state index contributed by atoms with van der Waals surface area (Å²) in [6.45, 7) is 13.5. The molecule has 0 aromatic heterocycles. The van der Waals surface area contributed by atoms with E-state index in [0.717, 1.165) is 0 Å². The van der Waals surface area contributed by atoms with Gasteiger partial charge in [0.1, 0.15) is 0 Å². The molecule has 0 aliphatic carbocycles. The van der Waals surface area contributed by atoms with Crippen molar-refractivity contribution in [3.63, 3.8) is 0 Å². The number of hydrogen-bond donors (Lipinski definition) is 0. The van der Waals surface area contributed by atoms with Crippen molar-refractivity contribution in [3.05, 3.63) is 205 Å². The van der Waals surface area contributed by atoms with Gasteiger partial charge in [0.2, 0.25) is 0 Å². The van der Waals surface area contributed by atoms with Crippen LogP contribution in [0, 0.1) is 13.8 Å². The Balaban J connectivity index is 0.000000278. The van der Waals surface area contributed by atoms with Crippen LogP contribution < -0.4 is 35.4 Å². The van der Waals surface area contributed by atoms with Gasteiger partial charge in [0, 0.05) is 0 Å². The van der Waals surface area contributed by atoms with Crippen LogP contribution in [0.4, 0.5) is 0 Å². The molecule has 80 heavy (non-hydrogen) atoms. The van der Waals surface area contributed by atoms with Gasteiger partial charge in [-0.2, -0.15) is 24.3 Å². The quantitative estimate of drug-likeness (QED) is 0.0245. The molecule has 0 aliphatic heterocycles. The number of unbranched alkanes of at least 4 members (excludes halogenated alkanes) is 12. The van der Waals surface area contributed by atoms with E-state index in [-0.39, 0.29) is 84.1 Å². The summed E-state index contributed by atoms with van der Waals surface area (Å²) in [4.78, 5) is 0. The second kappa shape index (κ2) is 40.0. The van der Waals surface area contributed by atoms with E-state index in [1.54, 1.807) is 10.6 Å². The summed E-state index contributed by atoms with van der Waals surface area (Å²) in [5.41, 5.74) is 7.89. The molecule has 420 valence electrons. The normalized spacial score (nSPS) is 10.7. The first-order valence-electron chi connectivity index (χ1n) is 29.6. The first kappa shape index (κ1) is 70.9. The molecule has 0 heterocycles. The Morgan fingerprint density at radius 2 is 0.625 bits per heavy atom. The number of hydrogen-bond acceptors (Lipinski definition) is 0. The third kappa shape index (κ3) is 22.3. The Kier molecular flexibility index (Phi) is 35.4. The van der Waals surface area contributed by atoms with Gasteiger partial charge in [0.25, 0.3) is 0 Å². The number of halogens is 2. The maximum atomic E-state index is 2.47. The van der Waals surface area contributed by atoms with Crippen molar-refractivity contribution >= 4 is 69.5 Å². The first-order chi connectivity index (χ1) is 37.4. The Morgan fingerprint density at radius 3 is 0.950 bits per heavy atom. The van der Waals surface area contributed by atoms with Gasteiger partial charge in [0.15, 0.2) is 0 Å². The summed E-state index contributed by atoms with van der Waals surface area (Å²) in [5, 5.41) is 14.4. The Hall–Kier alpha value is -3.37. The molecular weight excluding hydrogens is 1120 g/mol. The van der Waals surface area contributed by atoms with Crippen molar-refractivity contribution in [1.29, 1.82) is 0 Å². The monoisotopic (exact) mass is 1210 g/mol. The molecule has 0 spiro atoms. The topological polar surface area (TPSA) is 0 Å². The van der Waals surface area contributed by atoms with Crippen LogP contribution in [-0.4, -0.2) is 24.6 Å². The minimum Gasteiger partial charge on any atom is -1.00 e. The van der Waals surface area contributed by atoms with E-state index in [2.05, 4.69) is 236 Å². The predicted molar refractivity (Wildman–Crippen MR) is 348 cm³/mol. The smallest absolute Gasteiger partial charge is 1.00 e. The molecule has 0 aliphatic rings.